The highest BCUT2D eigenvalue weighted by Gasteiger charge is 2.24. The normalized spacial score (nSPS) is 15.6. The summed E-state index contributed by atoms with van der Waals surface area (Å²) < 4.78 is 0. The largest absolute Gasteiger partial charge is 0.356 e. The minimum absolute atomic E-state index is 0.643. The highest BCUT2D eigenvalue weighted by atomic mass is 15.4. The van der Waals surface area contributed by atoms with Crippen molar-refractivity contribution in [2.24, 2.45) is 0 Å². The van der Waals surface area contributed by atoms with E-state index in [-0.39, 0.29) is 0 Å². The van der Waals surface area contributed by atoms with Gasteiger partial charge in [0.2, 0.25) is 0 Å². The van der Waals surface area contributed by atoms with E-state index in [0.29, 0.717) is 6.17 Å². The van der Waals surface area contributed by atoms with E-state index in [1.807, 2.05) is 0 Å². The highest BCUT2D eigenvalue weighted by Crippen LogP contribution is 2.23. The first kappa shape index (κ1) is 32.4. The Morgan fingerprint density at radius 2 is 0.657 bits per heavy atom. The van der Waals surface area contributed by atoms with E-state index in [9.17, 15) is 0 Å². The zero-order chi connectivity index (χ0) is 25.2. The summed E-state index contributed by atoms with van der Waals surface area (Å²) in [5.41, 5.74) is 0. The molecule has 1 heterocycles. The van der Waals surface area contributed by atoms with Crippen LogP contribution in [0.4, 0.5) is 0 Å². The van der Waals surface area contributed by atoms with Gasteiger partial charge in [0.05, 0.1) is 0 Å². The van der Waals surface area contributed by atoms with Crippen molar-refractivity contribution >= 4 is 0 Å². The first-order valence-electron chi connectivity index (χ1n) is 16.5. The number of unbranched alkanes of at least 4 members (excludes halogenated alkanes) is 21. The van der Waals surface area contributed by atoms with Crippen LogP contribution in [-0.4, -0.2) is 29.1 Å². The molecular weight excluding hydrogens is 424 g/mol. The van der Waals surface area contributed by atoms with Gasteiger partial charge in [-0.25, -0.2) is 0 Å². The molecule has 1 aliphatic heterocycles. The van der Waals surface area contributed by atoms with Gasteiger partial charge in [-0.05, 0) is 25.7 Å². The molecule has 2 nitrogen and oxygen atoms in total. The molecule has 0 N–H and O–H groups in total. The Morgan fingerprint density at radius 1 is 0.371 bits per heavy atom. The minimum Gasteiger partial charge on any atom is -0.356 e. The maximum atomic E-state index is 2.68. The maximum absolute atomic E-state index is 2.68. The second-order valence-corrected chi connectivity index (χ2v) is 11.5. The van der Waals surface area contributed by atoms with Crippen LogP contribution in [0.15, 0.2) is 12.4 Å². The van der Waals surface area contributed by atoms with Crippen molar-refractivity contribution in [1.29, 1.82) is 0 Å². The molecule has 0 aliphatic carbocycles. The zero-order valence-corrected chi connectivity index (χ0v) is 24.7. The average molecular weight is 491 g/mol. The van der Waals surface area contributed by atoms with Crippen molar-refractivity contribution in [2.75, 3.05) is 13.1 Å². The zero-order valence-electron chi connectivity index (χ0n) is 24.7. The third kappa shape index (κ3) is 18.3. The Morgan fingerprint density at radius 3 is 1.06 bits per heavy atom. The molecule has 0 fully saturated rings. The van der Waals surface area contributed by atoms with Gasteiger partial charge in [0.15, 0.2) is 0 Å². The highest BCUT2D eigenvalue weighted by molar-refractivity contribution is 4.96. The second kappa shape index (κ2) is 25.0. The molecule has 1 rings (SSSR count). The van der Waals surface area contributed by atoms with Gasteiger partial charge in [0, 0.05) is 25.5 Å². The van der Waals surface area contributed by atoms with Crippen LogP contribution < -0.4 is 0 Å². The predicted octanol–water partition coefficient (Wildman–Crippen LogP) is 11.2. The third-order valence-corrected chi connectivity index (χ3v) is 8.07. The SMILES string of the molecule is CCCCCCCCCCCCCCCCCCN1C=CN(CCCCC)C1CCCCCCC. The van der Waals surface area contributed by atoms with E-state index in [1.54, 1.807) is 0 Å². The quantitative estimate of drug-likeness (QED) is 0.106. The van der Waals surface area contributed by atoms with E-state index >= 15 is 0 Å². The van der Waals surface area contributed by atoms with Crippen LogP contribution in [0.1, 0.15) is 181 Å². The Hall–Kier alpha value is -0.660. The van der Waals surface area contributed by atoms with Crippen molar-refractivity contribution in [1.82, 2.24) is 9.80 Å². The topological polar surface area (TPSA) is 6.48 Å². The summed E-state index contributed by atoms with van der Waals surface area (Å²) in [6.45, 7) is 9.45. The smallest absolute Gasteiger partial charge is 0.101 e. The number of rotatable bonds is 27. The lowest BCUT2D eigenvalue weighted by Gasteiger charge is -2.33. The van der Waals surface area contributed by atoms with Crippen molar-refractivity contribution < 1.29 is 0 Å². The molecule has 0 spiro atoms. The average Bonchev–Trinajstić information content (AvgIpc) is 3.25. The van der Waals surface area contributed by atoms with Crippen molar-refractivity contribution in [2.45, 2.75) is 187 Å². The van der Waals surface area contributed by atoms with Gasteiger partial charge in [-0.3, -0.25) is 0 Å². The van der Waals surface area contributed by atoms with Crippen LogP contribution in [0.3, 0.4) is 0 Å². The fraction of sp³-hybridized carbons (Fsp3) is 0.939. The summed E-state index contributed by atoms with van der Waals surface area (Å²) >= 11 is 0. The van der Waals surface area contributed by atoms with Gasteiger partial charge >= 0.3 is 0 Å². The molecule has 0 aromatic carbocycles. The molecule has 0 saturated heterocycles. The summed E-state index contributed by atoms with van der Waals surface area (Å²) in [7, 11) is 0. The van der Waals surface area contributed by atoms with Gasteiger partial charge in [-0.1, -0.05) is 156 Å². The molecular formula is C33H66N2. The standard InChI is InChI=1S/C33H66N2/c1-4-7-10-12-13-14-15-16-17-18-19-20-21-22-24-27-30-35-32-31-34(29-26-9-6-3)33(35)28-25-23-11-8-5-2/h31-33H,4-30H2,1-3H3. The molecule has 0 amide bonds. The Bertz CT molecular complexity index is 446. The van der Waals surface area contributed by atoms with E-state index < -0.39 is 0 Å². The fourth-order valence-corrected chi connectivity index (χ4v) is 5.66. The van der Waals surface area contributed by atoms with Gasteiger partial charge in [0.25, 0.3) is 0 Å². The molecule has 0 radical (unpaired) electrons. The van der Waals surface area contributed by atoms with Gasteiger partial charge in [-0.2, -0.15) is 0 Å². The van der Waals surface area contributed by atoms with Crippen LogP contribution >= 0.6 is 0 Å². The summed E-state index contributed by atoms with van der Waals surface area (Å²) in [6.07, 6.45) is 41.1. The van der Waals surface area contributed by atoms with Crippen LogP contribution in [0.2, 0.25) is 0 Å². The first-order chi connectivity index (χ1) is 17.3. The van der Waals surface area contributed by atoms with E-state index in [0.717, 1.165) is 0 Å². The third-order valence-electron chi connectivity index (χ3n) is 8.07. The molecule has 0 aromatic rings. The number of nitrogens with zero attached hydrogens (tertiary/aromatic N) is 2. The number of hydrogen-bond acceptors (Lipinski definition) is 2. The molecule has 0 saturated carbocycles. The minimum atomic E-state index is 0.643. The van der Waals surface area contributed by atoms with Crippen molar-refractivity contribution in [3.8, 4) is 0 Å². The van der Waals surface area contributed by atoms with Crippen LogP contribution in [-0.2, 0) is 0 Å². The van der Waals surface area contributed by atoms with Crippen molar-refractivity contribution in [3.63, 3.8) is 0 Å². The lowest BCUT2D eigenvalue weighted by atomic mass is 10.0. The Balaban J connectivity index is 2.02. The second-order valence-electron chi connectivity index (χ2n) is 11.5. The molecule has 0 bridgehead atoms. The van der Waals surface area contributed by atoms with Gasteiger partial charge < -0.3 is 9.80 Å². The molecule has 2 heteroatoms. The first-order valence-corrected chi connectivity index (χ1v) is 16.5. The molecule has 1 atom stereocenters. The molecule has 0 aromatic heterocycles. The molecule has 35 heavy (non-hydrogen) atoms. The summed E-state index contributed by atoms with van der Waals surface area (Å²) in [6, 6.07) is 0. The molecule has 208 valence electrons. The van der Waals surface area contributed by atoms with Crippen LogP contribution in [0.5, 0.6) is 0 Å². The fourth-order valence-electron chi connectivity index (χ4n) is 5.66. The van der Waals surface area contributed by atoms with Crippen LogP contribution in [0, 0.1) is 0 Å². The van der Waals surface area contributed by atoms with E-state index in [4.69, 9.17) is 0 Å². The summed E-state index contributed by atoms with van der Waals surface area (Å²) in [4.78, 5) is 5.33. The monoisotopic (exact) mass is 491 g/mol. The molecule has 1 unspecified atom stereocenters. The Kier molecular flexibility index (Phi) is 23.1. The maximum Gasteiger partial charge on any atom is 0.101 e. The number of hydrogen-bond donors (Lipinski definition) is 0. The lowest BCUT2D eigenvalue weighted by molar-refractivity contribution is 0.135. The van der Waals surface area contributed by atoms with E-state index in [1.165, 1.54) is 174 Å². The van der Waals surface area contributed by atoms with Gasteiger partial charge in [0.1, 0.15) is 6.17 Å². The predicted molar refractivity (Wildman–Crippen MR) is 159 cm³/mol. The van der Waals surface area contributed by atoms with Crippen LogP contribution in [0.25, 0.3) is 0 Å². The lowest BCUT2D eigenvalue weighted by Crippen LogP contribution is -2.39. The summed E-state index contributed by atoms with van der Waals surface area (Å²) in [5.74, 6) is 0. The van der Waals surface area contributed by atoms with E-state index in [2.05, 4.69) is 43.0 Å². The Labute approximate surface area is 222 Å². The van der Waals surface area contributed by atoms with Gasteiger partial charge in [-0.15, -0.1) is 0 Å². The summed E-state index contributed by atoms with van der Waals surface area (Å²) in [5, 5.41) is 0. The molecule has 1 aliphatic rings. The van der Waals surface area contributed by atoms with Crippen molar-refractivity contribution in [3.05, 3.63) is 12.4 Å².